The fourth-order valence-corrected chi connectivity index (χ4v) is 5.53. The van der Waals surface area contributed by atoms with Crippen LogP contribution in [-0.4, -0.2) is 11.1 Å². The van der Waals surface area contributed by atoms with E-state index in [-0.39, 0.29) is 5.92 Å². The second-order valence-electron chi connectivity index (χ2n) is 8.61. The molecule has 3 rings (SSSR count). The molecule has 0 amide bonds. The highest BCUT2D eigenvalue weighted by Gasteiger charge is 2.32. The van der Waals surface area contributed by atoms with Crippen molar-refractivity contribution in [3.63, 3.8) is 0 Å². The molecule has 0 bridgehead atoms. The number of carboxylic acid groups (broad SMARTS) is 1. The summed E-state index contributed by atoms with van der Waals surface area (Å²) in [6.45, 7) is 1.86. The van der Waals surface area contributed by atoms with Crippen molar-refractivity contribution in [3.8, 4) is 0 Å². The summed E-state index contributed by atoms with van der Waals surface area (Å²) in [5, 5.41) is 10.2. The van der Waals surface area contributed by atoms with Gasteiger partial charge in [-0.25, -0.2) is 4.79 Å². The van der Waals surface area contributed by atoms with Crippen molar-refractivity contribution in [3.05, 3.63) is 46.5 Å². The summed E-state index contributed by atoms with van der Waals surface area (Å²) in [6, 6.07) is 8.30. The first kappa shape index (κ1) is 20.5. The van der Waals surface area contributed by atoms with Crippen LogP contribution in [0.25, 0.3) is 0 Å². The predicted octanol–water partition coefficient (Wildman–Crippen LogP) is 6.92. The topological polar surface area (TPSA) is 37.3 Å². The van der Waals surface area contributed by atoms with Crippen LogP contribution in [0.2, 0.25) is 5.02 Å². The van der Waals surface area contributed by atoms with Crippen LogP contribution >= 0.6 is 11.6 Å². The van der Waals surface area contributed by atoms with Crippen molar-refractivity contribution in [1.29, 1.82) is 0 Å². The van der Waals surface area contributed by atoms with Gasteiger partial charge in [0.25, 0.3) is 0 Å². The van der Waals surface area contributed by atoms with Gasteiger partial charge < -0.3 is 5.11 Å². The minimum absolute atomic E-state index is 0.277. The maximum absolute atomic E-state index is 11.4. The van der Waals surface area contributed by atoms with Gasteiger partial charge in [0.1, 0.15) is 0 Å². The number of halogens is 1. The van der Waals surface area contributed by atoms with Gasteiger partial charge >= 0.3 is 5.97 Å². The normalized spacial score (nSPS) is 29.5. The molecule has 2 nitrogen and oxygen atoms in total. The number of hydrogen-bond donors (Lipinski definition) is 1. The average Bonchev–Trinajstić information content (AvgIpc) is 2.69. The van der Waals surface area contributed by atoms with E-state index in [9.17, 15) is 9.90 Å². The second-order valence-corrected chi connectivity index (χ2v) is 9.04. The molecule has 2 fully saturated rings. The summed E-state index contributed by atoms with van der Waals surface area (Å²) in [5.74, 6) is 2.12. The van der Waals surface area contributed by atoms with Crippen LogP contribution in [0.4, 0.5) is 0 Å². The molecular weight excluding hydrogens is 356 g/mol. The molecule has 1 aromatic rings. The number of allylic oxidation sites excluding steroid dienone is 1. The van der Waals surface area contributed by atoms with Gasteiger partial charge in [-0.1, -0.05) is 42.7 Å². The molecule has 1 N–H and O–H groups in total. The smallest absolute Gasteiger partial charge is 0.331 e. The Morgan fingerprint density at radius 2 is 1.56 bits per heavy atom. The molecule has 0 saturated heterocycles. The molecule has 0 unspecified atom stereocenters. The molecule has 3 heteroatoms. The van der Waals surface area contributed by atoms with E-state index in [4.69, 9.17) is 11.6 Å². The van der Waals surface area contributed by atoms with E-state index >= 15 is 0 Å². The molecule has 0 heterocycles. The Hall–Kier alpha value is -1.28. The standard InChI is InChI=1S/C24H33ClO2/c1-2-23(24(26)27)21-13-11-20(12-14-21)19-9-5-17(6-10-19)3-4-18-7-15-22(25)16-8-18/h2,7-8,15-17,19-21H,3-6,9-14H2,1H3,(H,26,27). The van der Waals surface area contributed by atoms with E-state index in [1.54, 1.807) is 6.08 Å². The molecule has 0 radical (unpaired) electrons. The zero-order chi connectivity index (χ0) is 19.2. The summed E-state index contributed by atoms with van der Waals surface area (Å²) >= 11 is 5.97. The third-order valence-electron chi connectivity index (χ3n) is 7.08. The monoisotopic (exact) mass is 388 g/mol. The zero-order valence-electron chi connectivity index (χ0n) is 16.5. The Morgan fingerprint density at radius 1 is 1.00 bits per heavy atom. The van der Waals surface area contributed by atoms with Crippen LogP contribution in [0, 0.1) is 23.7 Å². The Morgan fingerprint density at radius 3 is 2.07 bits per heavy atom. The van der Waals surface area contributed by atoms with E-state index < -0.39 is 5.97 Å². The Kier molecular flexibility index (Phi) is 7.41. The van der Waals surface area contributed by atoms with Gasteiger partial charge in [0.2, 0.25) is 0 Å². The highest BCUT2D eigenvalue weighted by atomic mass is 35.5. The van der Waals surface area contributed by atoms with Gasteiger partial charge in [-0.3, -0.25) is 0 Å². The first-order chi connectivity index (χ1) is 13.1. The molecule has 2 aliphatic rings. The molecule has 148 valence electrons. The fraction of sp³-hybridized carbons (Fsp3) is 0.625. The van der Waals surface area contributed by atoms with E-state index in [1.165, 1.54) is 56.9 Å². The number of rotatable bonds is 6. The van der Waals surface area contributed by atoms with E-state index in [2.05, 4.69) is 12.1 Å². The largest absolute Gasteiger partial charge is 0.478 e. The maximum atomic E-state index is 11.4. The van der Waals surface area contributed by atoms with Gasteiger partial charge in [-0.2, -0.15) is 0 Å². The highest BCUT2D eigenvalue weighted by Crippen LogP contribution is 2.43. The van der Waals surface area contributed by atoms with Crippen molar-refractivity contribution in [2.45, 2.75) is 71.1 Å². The second kappa shape index (κ2) is 9.78. The maximum Gasteiger partial charge on any atom is 0.331 e. The Balaban J connectivity index is 1.39. The lowest BCUT2D eigenvalue weighted by Gasteiger charge is -2.38. The lowest BCUT2D eigenvalue weighted by Crippen LogP contribution is -2.27. The Bertz CT molecular complexity index is 633. The molecule has 0 atom stereocenters. The van der Waals surface area contributed by atoms with Gasteiger partial charge in [0.05, 0.1) is 0 Å². The molecule has 0 aliphatic heterocycles. The van der Waals surface area contributed by atoms with Crippen molar-refractivity contribution >= 4 is 17.6 Å². The van der Waals surface area contributed by atoms with Crippen LogP contribution in [0.15, 0.2) is 35.9 Å². The number of benzene rings is 1. The molecule has 2 aliphatic carbocycles. The van der Waals surface area contributed by atoms with Crippen LogP contribution in [0.3, 0.4) is 0 Å². The van der Waals surface area contributed by atoms with Gasteiger partial charge in [0, 0.05) is 10.6 Å². The Labute approximate surface area is 169 Å². The number of aliphatic carboxylic acids is 1. The van der Waals surface area contributed by atoms with Crippen molar-refractivity contribution in [1.82, 2.24) is 0 Å². The minimum Gasteiger partial charge on any atom is -0.478 e. The van der Waals surface area contributed by atoms with E-state index in [0.29, 0.717) is 5.57 Å². The number of carbonyl (C=O) groups is 1. The summed E-state index contributed by atoms with van der Waals surface area (Å²) < 4.78 is 0. The third kappa shape index (κ3) is 5.60. The van der Waals surface area contributed by atoms with Gasteiger partial charge in [-0.05, 0) is 99.7 Å². The lowest BCUT2D eigenvalue weighted by molar-refractivity contribution is -0.133. The minimum atomic E-state index is -0.720. The van der Waals surface area contributed by atoms with Gasteiger partial charge in [-0.15, -0.1) is 0 Å². The average molecular weight is 389 g/mol. The van der Waals surface area contributed by atoms with Crippen LogP contribution in [0.5, 0.6) is 0 Å². The molecule has 1 aromatic carbocycles. The SMILES string of the molecule is CC=C(C(=O)O)C1CCC(C2CCC(CCc3ccc(Cl)cc3)CC2)CC1. The van der Waals surface area contributed by atoms with Crippen LogP contribution in [-0.2, 0) is 11.2 Å². The summed E-state index contributed by atoms with van der Waals surface area (Å²) in [5.41, 5.74) is 2.04. The van der Waals surface area contributed by atoms with Crippen LogP contribution < -0.4 is 0 Å². The predicted molar refractivity (Wildman–Crippen MR) is 112 cm³/mol. The molecule has 0 aromatic heterocycles. The zero-order valence-corrected chi connectivity index (χ0v) is 17.3. The van der Waals surface area contributed by atoms with Gasteiger partial charge in [0.15, 0.2) is 0 Å². The third-order valence-corrected chi connectivity index (χ3v) is 7.33. The van der Waals surface area contributed by atoms with Crippen molar-refractivity contribution in [2.24, 2.45) is 23.7 Å². The number of hydrogen-bond acceptors (Lipinski definition) is 1. The number of aryl methyl sites for hydroxylation is 1. The summed E-state index contributed by atoms with van der Waals surface area (Å²) in [7, 11) is 0. The van der Waals surface area contributed by atoms with Crippen LogP contribution in [0.1, 0.15) is 70.3 Å². The first-order valence-electron chi connectivity index (χ1n) is 10.7. The highest BCUT2D eigenvalue weighted by molar-refractivity contribution is 6.30. The van der Waals surface area contributed by atoms with E-state index in [1.807, 2.05) is 19.1 Å². The van der Waals surface area contributed by atoms with Crippen molar-refractivity contribution < 1.29 is 9.90 Å². The van der Waals surface area contributed by atoms with Crippen molar-refractivity contribution in [2.75, 3.05) is 0 Å². The molecular formula is C24H33ClO2. The summed E-state index contributed by atoms with van der Waals surface area (Å²) in [4.78, 5) is 11.4. The lowest BCUT2D eigenvalue weighted by atomic mass is 9.67. The molecule has 27 heavy (non-hydrogen) atoms. The molecule has 2 saturated carbocycles. The number of carboxylic acids is 1. The first-order valence-corrected chi connectivity index (χ1v) is 11.1. The summed E-state index contributed by atoms with van der Waals surface area (Å²) in [6.07, 6.45) is 14.3. The van der Waals surface area contributed by atoms with E-state index in [0.717, 1.165) is 35.6 Å². The quantitative estimate of drug-likeness (QED) is 0.537. The molecule has 0 spiro atoms. The fourth-order valence-electron chi connectivity index (χ4n) is 5.41.